The zero-order valence-corrected chi connectivity index (χ0v) is 10.4. The first-order valence-corrected chi connectivity index (χ1v) is 5.43. The zero-order chi connectivity index (χ0) is 12.8. The largest absolute Gasteiger partial charge is 0.383 e. The molecule has 0 aliphatic heterocycles. The van der Waals surface area contributed by atoms with Crippen molar-refractivity contribution in [2.45, 2.75) is 19.9 Å². The number of methoxy groups -OCH3 is 1. The molecule has 2 N–H and O–H groups in total. The Kier molecular flexibility index (Phi) is 4.84. The van der Waals surface area contributed by atoms with E-state index in [2.05, 4.69) is 9.97 Å². The monoisotopic (exact) mass is 238 g/mol. The van der Waals surface area contributed by atoms with Crippen LogP contribution in [-0.2, 0) is 4.74 Å². The molecule has 0 saturated heterocycles. The Morgan fingerprint density at radius 1 is 1.47 bits per heavy atom. The molecule has 0 unspecified atom stereocenters. The van der Waals surface area contributed by atoms with Gasteiger partial charge in [0.15, 0.2) is 0 Å². The second-order valence-electron chi connectivity index (χ2n) is 3.91. The van der Waals surface area contributed by atoms with Crippen molar-refractivity contribution in [3.05, 3.63) is 18.1 Å². The van der Waals surface area contributed by atoms with E-state index in [1.807, 2.05) is 13.8 Å². The van der Waals surface area contributed by atoms with Crippen molar-refractivity contribution in [2.24, 2.45) is 0 Å². The van der Waals surface area contributed by atoms with Crippen LogP contribution in [-0.4, -0.2) is 47.1 Å². The molecule has 0 bridgehead atoms. The number of ether oxygens (including phenoxy) is 1. The molecule has 94 valence electrons. The van der Waals surface area contributed by atoms with Crippen LogP contribution in [0.2, 0.25) is 0 Å². The topological polar surface area (TPSA) is 81.3 Å². The third-order valence-corrected chi connectivity index (χ3v) is 2.31. The number of hydrogen-bond donors (Lipinski definition) is 1. The smallest absolute Gasteiger partial charge is 0.274 e. The molecule has 1 aromatic heterocycles. The molecule has 6 nitrogen and oxygen atoms in total. The van der Waals surface area contributed by atoms with E-state index in [-0.39, 0.29) is 11.9 Å². The predicted molar refractivity (Wildman–Crippen MR) is 64.5 cm³/mol. The Hall–Kier alpha value is -1.69. The number of anilines is 1. The van der Waals surface area contributed by atoms with Crippen LogP contribution in [0.15, 0.2) is 12.4 Å². The van der Waals surface area contributed by atoms with Crippen molar-refractivity contribution in [1.82, 2.24) is 14.9 Å². The van der Waals surface area contributed by atoms with Crippen LogP contribution in [0.3, 0.4) is 0 Å². The molecular weight excluding hydrogens is 220 g/mol. The number of rotatable bonds is 5. The van der Waals surface area contributed by atoms with E-state index in [9.17, 15) is 4.79 Å². The van der Waals surface area contributed by atoms with E-state index in [1.54, 1.807) is 12.0 Å². The maximum Gasteiger partial charge on any atom is 0.274 e. The Bertz CT molecular complexity index is 364. The first-order valence-electron chi connectivity index (χ1n) is 5.43. The van der Waals surface area contributed by atoms with Gasteiger partial charge in [0.05, 0.1) is 19.0 Å². The van der Waals surface area contributed by atoms with Crippen molar-refractivity contribution >= 4 is 11.7 Å². The van der Waals surface area contributed by atoms with Crippen LogP contribution in [0.5, 0.6) is 0 Å². The van der Waals surface area contributed by atoms with Crippen molar-refractivity contribution < 1.29 is 9.53 Å². The summed E-state index contributed by atoms with van der Waals surface area (Å²) in [5, 5.41) is 0. The van der Waals surface area contributed by atoms with Crippen molar-refractivity contribution in [3.8, 4) is 0 Å². The average molecular weight is 238 g/mol. The van der Waals surface area contributed by atoms with E-state index in [0.717, 1.165) is 0 Å². The van der Waals surface area contributed by atoms with Gasteiger partial charge in [-0.15, -0.1) is 0 Å². The third kappa shape index (κ3) is 3.67. The van der Waals surface area contributed by atoms with Gasteiger partial charge in [-0.2, -0.15) is 0 Å². The quantitative estimate of drug-likeness (QED) is 0.810. The van der Waals surface area contributed by atoms with Crippen molar-refractivity contribution in [3.63, 3.8) is 0 Å². The highest BCUT2D eigenvalue weighted by Gasteiger charge is 2.19. The molecule has 0 aliphatic carbocycles. The molecule has 0 aromatic carbocycles. The van der Waals surface area contributed by atoms with Gasteiger partial charge in [-0.1, -0.05) is 0 Å². The lowest BCUT2D eigenvalue weighted by molar-refractivity contribution is 0.0628. The van der Waals surface area contributed by atoms with Gasteiger partial charge in [0.25, 0.3) is 5.91 Å². The molecule has 1 aromatic rings. The fourth-order valence-electron chi connectivity index (χ4n) is 1.38. The summed E-state index contributed by atoms with van der Waals surface area (Å²) in [5.74, 6) is 0.138. The van der Waals surface area contributed by atoms with Gasteiger partial charge >= 0.3 is 0 Å². The summed E-state index contributed by atoms with van der Waals surface area (Å²) < 4.78 is 4.98. The highest BCUT2D eigenvalue weighted by atomic mass is 16.5. The SMILES string of the molecule is COCCN(C(=O)c1cnc(N)cn1)C(C)C. The summed E-state index contributed by atoms with van der Waals surface area (Å²) in [5.41, 5.74) is 5.72. The fraction of sp³-hybridized carbons (Fsp3) is 0.545. The van der Waals surface area contributed by atoms with Gasteiger partial charge in [0.1, 0.15) is 11.5 Å². The first kappa shape index (κ1) is 13.4. The second-order valence-corrected chi connectivity index (χ2v) is 3.91. The minimum absolute atomic E-state index is 0.0806. The number of nitrogen functional groups attached to an aromatic ring is 1. The molecule has 0 atom stereocenters. The Labute approximate surface area is 101 Å². The van der Waals surface area contributed by atoms with Gasteiger partial charge < -0.3 is 15.4 Å². The lowest BCUT2D eigenvalue weighted by atomic mass is 10.2. The van der Waals surface area contributed by atoms with E-state index in [0.29, 0.717) is 24.7 Å². The summed E-state index contributed by atoms with van der Waals surface area (Å²) in [6.07, 6.45) is 2.77. The number of carbonyl (C=O) groups is 1. The summed E-state index contributed by atoms with van der Waals surface area (Å²) in [6, 6.07) is 0.0806. The lowest BCUT2D eigenvalue weighted by Gasteiger charge is -2.25. The van der Waals surface area contributed by atoms with Gasteiger partial charge in [-0.05, 0) is 13.8 Å². The van der Waals surface area contributed by atoms with E-state index in [4.69, 9.17) is 10.5 Å². The first-order chi connectivity index (χ1) is 8.06. The number of nitrogens with two attached hydrogens (primary N) is 1. The van der Waals surface area contributed by atoms with Gasteiger partial charge in [0, 0.05) is 19.7 Å². The molecule has 1 heterocycles. The molecular formula is C11H18N4O2. The number of hydrogen-bond acceptors (Lipinski definition) is 5. The molecule has 0 fully saturated rings. The number of amides is 1. The Balaban J connectivity index is 2.80. The van der Waals surface area contributed by atoms with Crippen LogP contribution in [0, 0.1) is 0 Å². The summed E-state index contributed by atoms with van der Waals surface area (Å²) in [7, 11) is 1.60. The summed E-state index contributed by atoms with van der Waals surface area (Å²) >= 11 is 0. The van der Waals surface area contributed by atoms with E-state index < -0.39 is 0 Å². The summed E-state index contributed by atoms with van der Waals surface area (Å²) in [4.78, 5) is 21.6. The predicted octanol–water partition coefficient (Wildman–Crippen LogP) is 0.556. The number of nitrogens with zero attached hydrogens (tertiary/aromatic N) is 3. The highest BCUT2D eigenvalue weighted by Crippen LogP contribution is 2.06. The van der Waals surface area contributed by atoms with Crippen LogP contribution in [0.25, 0.3) is 0 Å². The standard InChI is InChI=1S/C11H18N4O2/c1-8(2)15(4-5-17-3)11(16)9-6-14-10(12)7-13-9/h6-8H,4-5H2,1-3H3,(H2,12,14). The van der Waals surface area contributed by atoms with Gasteiger partial charge in [-0.25, -0.2) is 9.97 Å². The minimum atomic E-state index is -0.162. The Morgan fingerprint density at radius 2 is 2.18 bits per heavy atom. The molecule has 0 aliphatic rings. The third-order valence-electron chi connectivity index (χ3n) is 2.31. The molecule has 1 amide bonds. The van der Waals surface area contributed by atoms with Crippen LogP contribution in [0.4, 0.5) is 5.82 Å². The average Bonchev–Trinajstić information content (AvgIpc) is 2.29. The minimum Gasteiger partial charge on any atom is -0.383 e. The van der Waals surface area contributed by atoms with Gasteiger partial charge in [-0.3, -0.25) is 4.79 Å². The number of carbonyl (C=O) groups excluding carboxylic acids is 1. The second kappa shape index (κ2) is 6.15. The summed E-state index contributed by atoms with van der Waals surface area (Å²) in [6.45, 7) is 4.90. The van der Waals surface area contributed by atoms with E-state index in [1.165, 1.54) is 12.4 Å². The molecule has 0 radical (unpaired) electrons. The molecule has 1 rings (SSSR count). The fourth-order valence-corrected chi connectivity index (χ4v) is 1.38. The number of aromatic nitrogens is 2. The van der Waals surface area contributed by atoms with E-state index >= 15 is 0 Å². The Morgan fingerprint density at radius 3 is 2.65 bits per heavy atom. The maximum absolute atomic E-state index is 12.1. The highest BCUT2D eigenvalue weighted by molar-refractivity contribution is 5.92. The normalized spacial score (nSPS) is 10.6. The maximum atomic E-state index is 12.1. The van der Waals surface area contributed by atoms with Crippen molar-refractivity contribution in [1.29, 1.82) is 0 Å². The molecule has 6 heteroatoms. The molecule has 0 spiro atoms. The van der Waals surface area contributed by atoms with Gasteiger partial charge in [0.2, 0.25) is 0 Å². The van der Waals surface area contributed by atoms with Crippen LogP contribution in [0.1, 0.15) is 24.3 Å². The van der Waals surface area contributed by atoms with Crippen molar-refractivity contribution in [2.75, 3.05) is 26.0 Å². The zero-order valence-electron chi connectivity index (χ0n) is 10.4. The lowest BCUT2D eigenvalue weighted by Crippen LogP contribution is -2.39. The molecule has 17 heavy (non-hydrogen) atoms. The van der Waals surface area contributed by atoms with Crippen LogP contribution < -0.4 is 5.73 Å². The molecule has 0 saturated carbocycles. The van der Waals surface area contributed by atoms with Crippen LogP contribution >= 0.6 is 0 Å².